The van der Waals surface area contributed by atoms with Crippen LogP contribution in [0.5, 0.6) is 0 Å². The van der Waals surface area contributed by atoms with E-state index in [0.717, 1.165) is 44.0 Å². The SMILES string of the molecule is Nc1c(-c2ccccc2)c(-c2ccccc2)c2c(ccc3ccc(-c4ccccc4)c(-c4ccccc4)c32)c1N. The van der Waals surface area contributed by atoms with Gasteiger partial charge in [-0.25, -0.2) is 0 Å². The number of benzene rings is 7. The zero-order chi connectivity index (χ0) is 27.1. The van der Waals surface area contributed by atoms with E-state index < -0.39 is 0 Å². The molecule has 7 aromatic rings. The smallest absolute Gasteiger partial charge is 0.0640 e. The number of nitrogen functional groups attached to an aromatic ring is 2. The van der Waals surface area contributed by atoms with E-state index in [4.69, 9.17) is 11.5 Å². The van der Waals surface area contributed by atoms with Crippen molar-refractivity contribution < 1.29 is 0 Å². The van der Waals surface area contributed by atoms with Crippen LogP contribution in [0, 0.1) is 0 Å². The Morgan fingerprint density at radius 3 is 1.32 bits per heavy atom. The van der Waals surface area contributed by atoms with Gasteiger partial charge in [0.25, 0.3) is 0 Å². The molecule has 0 radical (unpaired) electrons. The molecule has 0 fully saturated rings. The summed E-state index contributed by atoms with van der Waals surface area (Å²) in [4.78, 5) is 0. The highest BCUT2D eigenvalue weighted by molar-refractivity contribution is 6.28. The van der Waals surface area contributed by atoms with Crippen molar-refractivity contribution in [3.05, 3.63) is 146 Å². The van der Waals surface area contributed by atoms with Gasteiger partial charge in [-0.05, 0) is 44.2 Å². The second kappa shape index (κ2) is 9.76. The van der Waals surface area contributed by atoms with Crippen LogP contribution in [-0.2, 0) is 0 Å². The average Bonchev–Trinajstić information content (AvgIpc) is 3.03. The first-order valence-corrected chi connectivity index (χ1v) is 13.5. The highest BCUT2D eigenvalue weighted by atomic mass is 14.7. The summed E-state index contributed by atoms with van der Waals surface area (Å²) in [5.74, 6) is 0. The lowest BCUT2D eigenvalue weighted by Crippen LogP contribution is -2.02. The Morgan fingerprint density at radius 2 is 0.775 bits per heavy atom. The molecular weight excluding hydrogens is 484 g/mol. The second-order valence-corrected chi connectivity index (χ2v) is 10.1. The van der Waals surface area contributed by atoms with E-state index in [9.17, 15) is 0 Å². The van der Waals surface area contributed by atoms with Gasteiger partial charge in [0, 0.05) is 21.9 Å². The van der Waals surface area contributed by atoms with Gasteiger partial charge in [0.1, 0.15) is 0 Å². The first-order chi connectivity index (χ1) is 19.7. The number of hydrogen-bond acceptors (Lipinski definition) is 2. The quantitative estimate of drug-likeness (QED) is 0.182. The minimum absolute atomic E-state index is 0.609. The Kier molecular flexibility index (Phi) is 5.79. The molecular formula is C38H28N2. The van der Waals surface area contributed by atoms with Gasteiger partial charge in [-0.2, -0.15) is 0 Å². The molecule has 0 amide bonds. The zero-order valence-electron chi connectivity index (χ0n) is 22.0. The summed E-state index contributed by atoms with van der Waals surface area (Å²) in [6, 6.07) is 51.0. The third-order valence-corrected chi connectivity index (χ3v) is 7.81. The van der Waals surface area contributed by atoms with Crippen molar-refractivity contribution >= 4 is 32.9 Å². The first-order valence-electron chi connectivity index (χ1n) is 13.5. The summed E-state index contributed by atoms with van der Waals surface area (Å²) in [5.41, 5.74) is 24.0. The van der Waals surface area contributed by atoms with Crippen LogP contribution in [0.25, 0.3) is 66.1 Å². The second-order valence-electron chi connectivity index (χ2n) is 10.1. The number of rotatable bonds is 4. The molecule has 0 spiro atoms. The maximum Gasteiger partial charge on any atom is 0.0640 e. The summed E-state index contributed by atoms with van der Waals surface area (Å²) in [7, 11) is 0. The summed E-state index contributed by atoms with van der Waals surface area (Å²) in [5, 5.41) is 4.41. The predicted molar refractivity (Wildman–Crippen MR) is 172 cm³/mol. The maximum absolute atomic E-state index is 6.91. The third-order valence-electron chi connectivity index (χ3n) is 7.81. The van der Waals surface area contributed by atoms with E-state index in [1.54, 1.807) is 0 Å². The van der Waals surface area contributed by atoms with Crippen LogP contribution in [0.3, 0.4) is 0 Å². The van der Waals surface area contributed by atoms with Crippen molar-refractivity contribution in [2.24, 2.45) is 0 Å². The van der Waals surface area contributed by atoms with E-state index in [1.165, 1.54) is 22.1 Å². The molecule has 190 valence electrons. The van der Waals surface area contributed by atoms with Crippen LogP contribution >= 0.6 is 0 Å². The molecule has 40 heavy (non-hydrogen) atoms. The minimum Gasteiger partial charge on any atom is -0.397 e. The first kappa shape index (κ1) is 23.8. The van der Waals surface area contributed by atoms with E-state index in [1.807, 2.05) is 6.07 Å². The fraction of sp³-hybridized carbons (Fsp3) is 0. The van der Waals surface area contributed by atoms with Gasteiger partial charge in [0.15, 0.2) is 0 Å². The molecule has 0 aliphatic heterocycles. The monoisotopic (exact) mass is 512 g/mol. The Balaban J connectivity index is 1.77. The van der Waals surface area contributed by atoms with Crippen molar-refractivity contribution in [1.82, 2.24) is 0 Å². The Morgan fingerprint density at radius 1 is 0.325 bits per heavy atom. The predicted octanol–water partition coefficient (Wildman–Crippen LogP) is 9.83. The van der Waals surface area contributed by atoms with Crippen LogP contribution in [0.1, 0.15) is 0 Å². The van der Waals surface area contributed by atoms with Gasteiger partial charge in [-0.1, -0.05) is 146 Å². The van der Waals surface area contributed by atoms with E-state index in [2.05, 4.69) is 140 Å². The minimum atomic E-state index is 0.609. The van der Waals surface area contributed by atoms with Crippen LogP contribution < -0.4 is 11.5 Å². The van der Waals surface area contributed by atoms with Crippen molar-refractivity contribution in [2.75, 3.05) is 11.5 Å². The van der Waals surface area contributed by atoms with Gasteiger partial charge in [-0.3, -0.25) is 0 Å². The molecule has 7 aromatic carbocycles. The topological polar surface area (TPSA) is 52.0 Å². The number of fused-ring (bicyclic) bond motifs is 3. The highest BCUT2D eigenvalue weighted by Gasteiger charge is 2.23. The lowest BCUT2D eigenvalue weighted by atomic mass is 9.82. The molecule has 0 saturated heterocycles. The van der Waals surface area contributed by atoms with Gasteiger partial charge < -0.3 is 11.5 Å². The normalized spacial score (nSPS) is 11.2. The Bertz CT molecular complexity index is 1980. The van der Waals surface area contributed by atoms with Crippen LogP contribution in [0.2, 0.25) is 0 Å². The van der Waals surface area contributed by atoms with Crippen LogP contribution in [0.4, 0.5) is 11.4 Å². The third kappa shape index (κ3) is 3.81. The molecule has 0 bridgehead atoms. The summed E-state index contributed by atoms with van der Waals surface area (Å²) < 4.78 is 0. The van der Waals surface area contributed by atoms with Gasteiger partial charge in [0.05, 0.1) is 11.4 Å². The van der Waals surface area contributed by atoms with E-state index in [0.29, 0.717) is 11.4 Å². The molecule has 0 aliphatic carbocycles. The van der Waals surface area contributed by atoms with E-state index >= 15 is 0 Å². The molecule has 0 aromatic heterocycles. The van der Waals surface area contributed by atoms with Crippen LogP contribution in [-0.4, -0.2) is 0 Å². The van der Waals surface area contributed by atoms with E-state index in [-0.39, 0.29) is 0 Å². The molecule has 0 unspecified atom stereocenters. The molecule has 7 rings (SSSR count). The maximum atomic E-state index is 6.91. The number of nitrogens with two attached hydrogens (primary N) is 2. The molecule has 2 heteroatoms. The molecule has 0 aliphatic rings. The van der Waals surface area contributed by atoms with Crippen molar-refractivity contribution in [3.8, 4) is 44.5 Å². The molecule has 0 saturated carbocycles. The molecule has 0 heterocycles. The van der Waals surface area contributed by atoms with Crippen molar-refractivity contribution in [3.63, 3.8) is 0 Å². The van der Waals surface area contributed by atoms with Crippen molar-refractivity contribution in [2.45, 2.75) is 0 Å². The average molecular weight is 513 g/mol. The summed E-state index contributed by atoms with van der Waals surface area (Å²) in [6.45, 7) is 0. The summed E-state index contributed by atoms with van der Waals surface area (Å²) in [6.07, 6.45) is 0. The zero-order valence-corrected chi connectivity index (χ0v) is 22.0. The summed E-state index contributed by atoms with van der Waals surface area (Å²) >= 11 is 0. The lowest BCUT2D eigenvalue weighted by Gasteiger charge is -2.23. The molecule has 4 N–H and O–H groups in total. The van der Waals surface area contributed by atoms with Crippen molar-refractivity contribution in [1.29, 1.82) is 0 Å². The number of anilines is 2. The fourth-order valence-corrected chi connectivity index (χ4v) is 6.00. The molecule has 0 atom stereocenters. The molecule has 2 nitrogen and oxygen atoms in total. The largest absolute Gasteiger partial charge is 0.397 e. The fourth-order valence-electron chi connectivity index (χ4n) is 6.00. The van der Waals surface area contributed by atoms with Gasteiger partial charge in [-0.15, -0.1) is 0 Å². The highest BCUT2D eigenvalue weighted by Crippen LogP contribution is 2.51. The van der Waals surface area contributed by atoms with Gasteiger partial charge in [0.2, 0.25) is 0 Å². The number of hydrogen-bond donors (Lipinski definition) is 2. The lowest BCUT2D eigenvalue weighted by molar-refractivity contribution is 1.59. The Labute approximate surface area is 234 Å². The van der Waals surface area contributed by atoms with Crippen LogP contribution in [0.15, 0.2) is 146 Å². The Hall–Kier alpha value is -5.34. The van der Waals surface area contributed by atoms with Gasteiger partial charge >= 0.3 is 0 Å². The standard InChI is InChI=1S/C38H28N2/c39-37-31-24-22-29-21-23-30(25-13-5-1-6-14-25)32(26-15-7-2-8-16-26)33(29)36(31)34(27-17-9-3-10-18-27)35(38(37)40)28-19-11-4-12-20-28/h1-24H,39-40H2.